The highest BCUT2D eigenvalue weighted by atomic mass is 32.2. The van der Waals surface area contributed by atoms with Crippen LogP contribution < -0.4 is 14.4 Å². The molecular weight excluding hydrogens is 482 g/mol. The number of aromatic nitrogens is 1. The molecule has 1 amide bonds. The summed E-state index contributed by atoms with van der Waals surface area (Å²) in [5.41, 5.74) is 2.56. The number of thioether (sulfide) groups is 1. The van der Waals surface area contributed by atoms with Gasteiger partial charge in [-0.15, -0.1) is 11.8 Å². The Bertz CT molecular complexity index is 1470. The lowest BCUT2D eigenvalue weighted by atomic mass is 10.1. The molecule has 1 aliphatic heterocycles. The third-order valence-electron chi connectivity index (χ3n) is 5.63. The first-order valence-electron chi connectivity index (χ1n) is 11.1. The van der Waals surface area contributed by atoms with E-state index in [1.165, 1.54) is 11.8 Å². The minimum atomic E-state index is -3.84. The molecule has 35 heavy (non-hydrogen) atoms. The first-order valence-corrected chi connectivity index (χ1v) is 13.6. The number of amides is 1. The highest BCUT2D eigenvalue weighted by molar-refractivity contribution is 8.00. The van der Waals surface area contributed by atoms with Crippen LogP contribution in [-0.4, -0.2) is 31.7 Å². The van der Waals surface area contributed by atoms with Gasteiger partial charge in [-0.05, 0) is 61.0 Å². The van der Waals surface area contributed by atoms with Gasteiger partial charge in [0.1, 0.15) is 16.0 Å². The zero-order chi connectivity index (χ0) is 24.4. The number of fused-ring (bicyclic) bond motifs is 1. The van der Waals surface area contributed by atoms with Gasteiger partial charge < -0.3 is 4.74 Å². The van der Waals surface area contributed by atoms with Crippen molar-refractivity contribution in [3.05, 3.63) is 90.6 Å². The van der Waals surface area contributed by atoms with Crippen LogP contribution in [0.25, 0.3) is 10.9 Å². The van der Waals surface area contributed by atoms with Crippen molar-refractivity contribution in [3.8, 4) is 5.75 Å². The van der Waals surface area contributed by atoms with Gasteiger partial charge in [-0.2, -0.15) is 0 Å². The topological polar surface area (TPSA) is 88.6 Å². The van der Waals surface area contributed by atoms with Gasteiger partial charge in [-0.1, -0.05) is 30.3 Å². The minimum Gasteiger partial charge on any atom is -0.494 e. The van der Waals surface area contributed by atoms with E-state index in [-0.39, 0.29) is 16.2 Å². The van der Waals surface area contributed by atoms with Crippen LogP contribution in [0.3, 0.4) is 0 Å². The van der Waals surface area contributed by atoms with Gasteiger partial charge in [0.25, 0.3) is 10.0 Å². The number of pyridine rings is 1. The Balaban J connectivity index is 1.37. The van der Waals surface area contributed by atoms with Crippen molar-refractivity contribution in [1.82, 2.24) is 4.98 Å². The molecule has 1 fully saturated rings. The zero-order valence-corrected chi connectivity index (χ0v) is 20.6. The Morgan fingerprint density at radius 1 is 1.03 bits per heavy atom. The van der Waals surface area contributed by atoms with Gasteiger partial charge in [-0.3, -0.25) is 19.4 Å². The number of ether oxygens (including phenoxy) is 1. The quantitative estimate of drug-likeness (QED) is 0.371. The van der Waals surface area contributed by atoms with Gasteiger partial charge in [0.2, 0.25) is 5.91 Å². The molecule has 2 heterocycles. The number of nitrogens with zero attached hydrogens (tertiary/aromatic N) is 2. The lowest BCUT2D eigenvalue weighted by Gasteiger charge is -2.24. The highest BCUT2D eigenvalue weighted by Gasteiger charge is 2.34. The SMILES string of the molecule is CCOc1ccc(N2C(=O)CS[C@H]2c2ccc(NS(=O)(=O)c3cccc4cccnc34)cc2)cc1. The Hall–Kier alpha value is -3.56. The monoisotopic (exact) mass is 505 g/mol. The number of rotatable bonds is 7. The van der Waals surface area contributed by atoms with Crippen LogP contribution in [-0.2, 0) is 14.8 Å². The summed E-state index contributed by atoms with van der Waals surface area (Å²) < 4.78 is 34.3. The first kappa shape index (κ1) is 23.2. The summed E-state index contributed by atoms with van der Waals surface area (Å²) in [5.74, 6) is 1.16. The molecule has 5 rings (SSSR count). The average molecular weight is 506 g/mol. The molecule has 4 aromatic rings. The van der Waals surface area contributed by atoms with Crippen molar-refractivity contribution in [2.24, 2.45) is 0 Å². The van der Waals surface area contributed by atoms with E-state index in [2.05, 4.69) is 9.71 Å². The van der Waals surface area contributed by atoms with Crippen LogP contribution in [0.5, 0.6) is 5.75 Å². The molecule has 1 aromatic heterocycles. The van der Waals surface area contributed by atoms with Crippen LogP contribution in [0.4, 0.5) is 11.4 Å². The summed E-state index contributed by atoms with van der Waals surface area (Å²) in [6.07, 6.45) is 1.58. The van der Waals surface area contributed by atoms with Crippen LogP contribution in [0, 0.1) is 0 Å². The maximum Gasteiger partial charge on any atom is 0.264 e. The maximum atomic E-state index is 13.1. The number of anilines is 2. The molecule has 1 aliphatic rings. The normalized spacial score (nSPS) is 16.0. The molecule has 1 N–H and O–H groups in total. The second kappa shape index (κ2) is 9.59. The number of hydrogen-bond donors (Lipinski definition) is 1. The number of sulfonamides is 1. The molecule has 7 nitrogen and oxygen atoms in total. The number of para-hydroxylation sites is 1. The van der Waals surface area contributed by atoms with Crippen molar-refractivity contribution < 1.29 is 17.9 Å². The Kier molecular flexibility index (Phi) is 6.36. The standard InChI is InChI=1S/C26H23N3O4S2/c1-2-33-22-14-12-21(13-15-22)29-24(30)17-34-26(29)19-8-10-20(11-9-19)28-35(31,32)23-7-3-5-18-6-4-16-27-25(18)23/h3-16,26,28H,2,17H2,1H3/t26-/m0/s1. The predicted octanol–water partition coefficient (Wildman–Crippen LogP) is 5.21. The number of benzene rings is 3. The number of hydrogen-bond acceptors (Lipinski definition) is 6. The van der Waals surface area contributed by atoms with Gasteiger partial charge in [0, 0.05) is 23.0 Å². The highest BCUT2D eigenvalue weighted by Crippen LogP contribution is 2.42. The molecule has 9 heteroatoms. The van der Waals surface area contributed by atoms with Gasteiger partial charge >= 0.3 is 0 Å². The van der Waals surface area contributed by atoms with Crippen LogP contribution in [0.1, 0.15) is 17.9 Å². The zero-order valence-electron chi connectivity index (χ0n) is 18.9. The van der Waals surface area contributed by atoms with E-state index in [1.54, 1.807) is 41.4 Å². The molecular formula is C26H23N3O4S2. The fourth-order valence-electron chi connectivity index (χ4n) is 4.04. The summed E-state index contributed by atoms with van der Waals surface area (Å²) in [5, 5.41) is 0.552. The largest absolute Gasteiger partial charge is 0.494 e. The molecule has 3 aromatic carbocycles. The van der Waals surface area contributed by atoms with E-state index in [1.807, 2.05) is 55.5 Å². The van der Waals surface area contributed by atoms with E-state index in [4.69, 9.17) is 4.74 Å². The maximum absolute atomic E-state index is 13.1. The predicted molar refractivity (Wildman–Crippen MR) is 139 cm³/mol. The number of nitrogens with one attached hydrogen (secondary N) is 1. The smallest absolute Gasteiger partial charge is 0.264 e. The van der Waals surface area contributed by atoms with E-state index < -0.39 is 10.0 Å². The summed E-state index contributed by atoms with van der Waals surface area (Å²) in [7, 11) is -3.84. The second-order valence-corrected chi connectivity index (χ2v) is 10.6. The first-order chi connectivity index (χ1) is 17.0. The summed E-state index contributed by atoms with van der Waals surface area (Å²) >= 11 is 1.54. The summed E-state index contributed by atoms with van der Waals surface area (Å²) in [6, 6.07) is 23.2. The van der Waals surface area contributed by atoms with Crippen molar-refractivity contribution in [3.63, 3.8) is 0 Å². The van der Waals surface area contributed by atoms with Crippen LogP contribution in [0.15, 0.2) is 90.0 Å². The Labute approximate surface area is 208 Å². The van der Waals surface area contributed by atoms with Gasteiger partial charge in [-0.25, -0.2) is 8.42 Å². The lowest BCUT2D eigenvalue weighted by Crippen LogP contribution is -2.27. The summed E-state index contributed by atoms with van der Waals surface area (Å²) in [6.45, 7) is 2.50. The Morgan fingerprint density at radius 2 is 1.77 bits per heavy atom. The van der Waals surface area contributed by atoms with E-state index >= 15 is 0 Å². The average Bonchev–Trinajstić information content (AvgIpc) is 3.26. The van der Waals surface area contributed by atoms with Gasteiger partial charge in [0.15, 0.2) is 0 Å². The van der Waals surface area contributed by atoms with Crippen LogP contribution >= 0.6 is 11.8 Å². The van der Waals surface area contributed by atoms with E-state index in [0.29, 0.717) is 23.6 Å². The van der Waals surface area contributed by atoms with E-state index in [0.717, 1.165) is 22.4 Å². The number of carbonyl (C=O) groups is 1. The third kappa shape index (κ3) is 4.69. The van der Waals surface area contributed by atoms with Crippen molar-refractivity contribution in [2.45, 2.75) is 17.2 Å². The fraction of sp³-hybridized carbons (Fsp3) is 0.154. The van der Waals surface area contributed by atoms with Crippen molar-refractivity contribution in [1.29, 1.82) is 0 Å². The molecule has 0 saturated carbocycles. The van der Waals surface area contributed by atoms with E-state index in [9.17, 15) is 13.2 Å². The minimum absolute atomic E-state index is 0.0254. The lowest BCUT2D eigenvalue weighted by molar-refractivity contribution is -0.115. The molecule has 0 spiro atoms. The Morgan fingerprint density at radius 3 is 2.51 bits per heavy atom. The fourth-order valence-corrected chi connectivity index (χ4v) is 6.46. The molecule has 178 valence electrons. The molecule has 1 atom stereocenters. The third-order valence-corrected chi connectivity index (χ3v) is 8.25. The molecule has 1 saturated heterocycles. The van der Waals surface area contributed by atoms with Crippen molar-refractivity contribution in [2.75, 3.05) is 22.0 Å². The number of carbonyl (C=O) groups excluding carboxylic acids is 1. The molecule has 0 bridgehead atoms. The second-order valence-electron chi connectivity index (χ2n) is 7.91. The van der Waals surface area contributed by atoms with Crippen molar-refractivity contribution >= 4 is 50.0 Å². The van der Waals surface area contributed by atoms with Crippen LogP contribution in [0.2, 0.25) is 0 Å². The molecule has 0 radical (unpaired) electrons. The summed E-state index contributed by atoms with van der Waals surface area (Å²) in [4.78, 5) is 18.8. The molecule has 0 aliphatic carbocycles. The van der Waals surface area contributed by atoms with Gasteiger partial charge in [0.05, 0.1) is 17.9 Å². The molecule has 0 unspecified atom stereocenters.